The molecule has 2 fully saturated rings. The summed E-state index contributed by atoms with van der Waals surface area (Å²) in [7, 11) is 1.65. The molecule has 1 saturated heterocycles. The van der Waals surface area contributed by atoms with E-state index >= 15 is 0 Å². The van der Waals surface area contributed by atoms with Gasteiger partial charge in [0, 0.05) is 25.4 Å². The van der Waals surface area contributed by atoms with Crippen LogP contribution >= 0.6 is 0 Å². The maximum Gasteiger partial charge on any atom is 0.256 e. The van der Waals surface area contributed by atoms with Crippen LogP contribution in [0.5, 0.6) is 5.75 Å². The molecule has 156 valence electrons. The molecule has 5 nitrogen and oxygen atoms in total. The highest BCUT2D eigenvalue weighted by Crippen LogP contribution is 2.35. The first-order valence-electron chi connectivity index (χ1n) is 10.9. The molecule has 1 heterocycles. The maximum atomic E-state index is 12.8. The summed E-state index contributed by atoms with van der Waals surface area (Å²) in [6.45, 7) is 7.38. The lowest BCUT2D eigenvalue weighted by atomic mass is 9.79. The Morgan fingerprint density at radius 2 is 1.86 bits per heavy atom. The molecule has 1 saturated carbocycles. The lowest BCUT2D eigenvalue weighted by molar-refractivity contribution is -0.142. The number of likely N-dealkylation sites (tertiary alicyclic amines) is 1. The Labute approximate surface area is 169 Å². The van der Waals surface area contributed by atoms with Crippen LogP contribution in [0.15, 0.2) is 24.3 Å². The standard InChI is InChI=1S/C23H36N2O3/c1-18-11-13-23(27-3,14-12-18)22(26)24-20-7-9-21(10-8-20)28-17-16-25-15-5-4-6-19(25)2/h7-10,18-19H,4-6,11-17H2,1-3H3,(H,24,26)/t18?,19-,23?/m1/s1. The van der Waals surface area contributed by atoms with Crippen LogP contribution in [0.1, 0.15) is 58.8 Å². The molecule has 0 unspecified atom stereocenters. The van der Waals surface area contributed by atoms with Crippen LogP contribution in [0.25, 0.3) is 0 Å². The molecule has 0 bridgehead atoms. The largest absolute Gasteiger partial charge is 0.492 e. The fourth-order valence-corrected chi connectivity index (χ4v) is 4.40. The number of hydrogen-bond donors (Lipinski definition) is 1. The Morgan fingerprint density at radius 1 is 1.14 bits per heavy atom. The van der Waals surface area contributed by atoms with Crippen molar-refractivity contribution in [1.29, 1.82) is 0 Å². The van der Waals surface area contributed by atoms with E-state index in [1.54, 1.807) is 7.11 Å². The Kier molecular flexibility index (Phi) is 7.36. The van der Waals surface area contributed by atoms with E-state index in [0.29, 0.717) is 18.6 Å². The van der Waals surface area contributed by atoms with E-state index in [1.165, 1.54) is 25.8 Å². The Hall–Kier alpha value is -1.59. The summed E-state index contributed by atoms with van der Waals surface area (Å²) >= 11 is 0. The Bertz CT molecular complexity index is 623. The van der Waals surface area contributed by atoms with Crippen LogP contribution in [0, 0.1) is 5.92 Å². The molecule has 1 aliphatic heterocycles. The number of piperidine rings is 1. The Balaban J connectivity index is 1.48. The minimum atomic E-state index is -0.688. The second-order valence-electron chi connectivity index (χ2n) is 8.59. The van der Waals surface area contributed by atoms with Crippen molar-refractivity contribution in [2.45, 2.75) is 70.4 Å². The molecule has 1 atom stereocenters. The number of carbonyl (C=O) groups is 1. The zero-order chi connectivity index (χ0) is 20.0. The van der Waals surface area contributed by atoms with Crippen LogP contribution in [0.4, 0.5) is 5.69 Å². The number of carbonyl (C=O) groups excluding carboxylic acids is 1. The van der Waals surface area contributed by atoms with Crippen molar-refractivity contribution in [3.63, 3.8) is 0 Å². The van der Waals surface area contributed by atoms with Crippen molar-refractivity contribution in [2.75, 3.05) is 32.1 Å². The SMILES string of the molecule is COC1(C(=O)Nc2ccc(OCCN3CCCC[C@H]3C)cc2)CCC(C)CC1. The first kappa shape index (κ1) is 21.1. The van der Waals surface area contributed by atoms with Crippen molar-refractivity contribution in [1.82, 2.24) is 4.90 Å². The number of nitrogens with one attached hydrogen (secondary N) is 1. The van der Waals surface area contributed by atoms with E-state index in [9.17, 15) is 4.79 Å². The van der Waals surface area contributed by atoms with Crippen LogP contribution < -0.4 is 10.1 Å². The summed E-state index contributed by atoms with van der Waals surface area (Å²) in [6, 6.07) is 8.33. The molecule has 5 heteroatoms. The van der Waals surface area contributed by atoms with Crippen molar-refractivity contribution < 1.29 is 14.3 Å². The van der Waals surface area contributed by atoms with Crippen molar-refractivity contribution in [3.8, 4) is 5.75 Å². The predicted molar refractivity (Wildman–Crippen MR) is 113 cm³/mol. The lowest BCUT2D eigenvalue weighted by Gasteiger charge is -2.36. The van der Waals surface area contributed by atoms with Gasteiger partial charge in [0.25, 0.3) is 5.91 Å². The molecule has 1 aromatic carbocycles. The third kappa shape index (κ3) is 5.26. The fourth-order valence-electron chi connectivity index (χ4n) is 4.40. The molecule has 1 amide bonds. The predicted octanol–water partition coefficient (Wildman–Crippen LogP) is 4.47. The van der Waals surface area contributed by atoms with E-state index in [0.717, 1.165) is 43.7 Å². The summed E-state index contributed by atoms with van der Waals surface area (Å²) in [5.74, 6) is 1.48. The van der Waals surface area contributed by atoms with Gasteiger partial charge in [-0.15, -0.1) is 0 Å². The highest BCUT2D eigenvalue weighted by Gasteiger charge is 2.41. The summed E-state index contributed by atoms with van der Waals surface area (Å²) in [5.41, 5.74) is 0.101. The number of hydrogen-bond acceptors (Lipinski definition) is 4. The van der Waals surface area contributed by atoms with Gasteiger partial charge in [0.05, 0.1) is 0 Å². The van der Waals surface area contributed by atoms with Gasteiger partial charge >= 0.3 is 0 Å². The smallest absolute Gasteiger partial charge is 0.256 e. The number of methoxy groups -OCH3 is 1. The third-order valence-electron chi connectivity index (χ3n) is 6.59. The van der Waals surface area contributed by atoms with Gasteiger partial charge in [-0.2, -0.15) is 0 Å². The van der Waals surface area contributed by atoms with Gasteiger partial charge in [0.1, 0.15) is 18.0 Å². The van der Waals surface area contributed by atoms with Crippen LogP contribution in [0.3, 0.4) is 0 Å². The highest BCUT2D eigenvalue weighted by molar-refractivity contribution is 5.97. The molecule has 2 aliphatic rings. The molecule has 3 rings (SSSR count). The van der Waals surface area contributed by atoms with E-state index in [1.807, 2.05) is 24.3 Å². The molecular weight excluding hydrogens is 352 g/mol. The van der Waals surface area contributed by atoms with Crippen molar-refractivity contribution >= 4 is 11.6 Å². The number of anilines is 1. The summed E-state index contributed by atoms with van der Waals surface area (Å²) in [5, 5.41) is 3.03. The number of benzene rings is 1. The molecule has 1 N–H and O–H groups in total. The number of amides is 1. The van der Waals surface area contributed by atoms with Crippen LogP contribution in [0.2, 0.25) is 0 Å². The molecule has 0 radical (unpaired) electrons. The average molecular weight is 389 g/mol. The fraction of sp³-hybridized carbons (Fsp3) is 0.696. The van der Waals surface area contributed by atoms with E-state index in [-0.39, 0.29) is 5.91 Å². The minimum Gasteiger partial charge on any atom is -0.492 e. The van der Waals surface area contributed by atoms with Gasteiger partial charge in [-0.3, -0.25) is 9.69 Å². The van der Waals surface area contributed by atoms with Gasteiger partial charge < -0.3 is 14.8 Å². The number of nitrogens with zero attached hydrogens (tertiary/aromatic N) is 1. The summed E-state index contributed by atoms with van der Waals surface area (Å²) in [6.07, 6.45) is 7.55. The lowest BCUT2D eigenvalue weighted by Crippen LogP contribution is -2.47. The summed E-state index contributed by atoms with van der Waals surface area (Å²) in [4.78, 5) is 15.3. The maximum absolute atomic E-state index is 12.8. The molecule has 28 heavy (non-hydrogen) atoms. The minimum absolute atomic E-state index is 0.0327. The van der Waals surface area contributed by atoms with Crippen molar-refractivity contribution in [3.05, 3.63) is 24.3 Å². The van der Waals surface area contributed by atoms with Gasteiger partial charge in [-0.1, -0.05) is 13.3 Å². The molecule has 1 aliphatic carbocycles. The van der Waals surface area contributed by atoms with Gasteiger partial charge in [-0.05, 0) is 82.2 Å². The third-order valence-corrected chi connectivity index (χ3v) is 6.59. The average Bonchev–Trinajstić information content (AvgIpc) is 2.71. The zero-order valence-electron chi connectivity index (χ0n) is 17.7. The number of rotatable bonds is 7. The summed E-state index contributed by atoms with van der Waals surface area (Å²) < 4.78 is 11.6. The van der Waals surface area contributed by atoms with E-state index in [2.05, 4.69) is 24.1 Å². The van der Waals surface area contributed by atoms with Crippen LogP contribution in [-0.4, -0.2) is 49.3 Å². The second-order valence-corrected chi connectivity index (χ2v) is 8.59. The quantitative estimate of drug-likeness (QED) is 0.748. The zero-order valence-corrected chi connectivity index (χ0v) is 17.7. The van der Waals surface area contributed by atoms with Gasteiger partial charge in [0.2, 0.25) is 0 Å². The monoisotopic (exact) mass is 388 g/mol. The van der Waals surface area contributed by atoms with E-state index < -0.39 is 5.60 Å². The number of ether oxygens (including phenoxy) is 2. The first-order chi connectivity index (χ1) is 13.5. The van der Waals surface area contributed by atoms with Crippen molar-refractivity contribution in [2.24, 2.45) is 5.92 Å². The van der Waals surface area contributed by atoms with Gasteiger partial charge in [0.15, 0.2) is 0 Å². The first-order valence-corrected chi connectivity index (χ1v) is 10.9. The highest BCUT2D eigenvalue weighted by atomic mass is 16.5. The van der Waals surface area contributed by atoms with Crippen LogP contribution in [-0.2, 0) is 9.53 Å². The molecule has 0 aromatic heterocycles. The molecule has 1 aromatic rings. The van der Waals surface area contributed by atoms with Gasteiger partial charge in [-0.25, -0.2) is 0 Å². The Morgan fingerprint density at radius 3 is 2.50 bits per heavy atom. The molecular formula is C23H36N2O3. The topological polar surface area (TPSA) is 50.8 Å². The molecule has 0 spiro atoms. The van der Waals surface area contributed by atoms with E-state index in [4.69, 9.17) is 9.47 Å². The second kappa shape index (κ2) is 9.75. The normalized spacial score (nSPS) is 28.7.